The largest absolute Gasteiger partial charge is 0.379 e. The van der Waals surface area contributed by atoms with E-state index >= 15 is 0 Å². The molecule has 28 heavy (non-hydrogen) atoms. The molecular formula is C23H25F3O2. The molecule has 2 nitrogen and oxygen atoms in total. The van der Waals surface area contributed by atoms with Gasteiger partial charge in [0.25, 0.3) is 0 Å². The fourth-order valence-corrected chi connectivity index (χ4v) is 3.53. The topological polar surface area (TPSA) is 18.5 Å². The highest BCUT2D eigenvalue weighted by molar-refractivity contribution is 5.68. The number of allylic oxidation sites excluding steroid dienone is 1. The van der Waals surface area contributed by atoms with Gasteiger partial charge in [0.05, 0.1) is 19.3 Å². The van der Waals surface area contributed by atoms with Crippen LogP contribution in [0.25, 0.3) is 17.2 Å². The van der Waals surface area contributed by atoms with Crippen molar-refractivity contribution in [1.82, 2.24) is 0 Å². The second kappa shape index (κ2) is 9.39. The highest BCUT2D eigenvalue weighted by Gasteiger charge is 2.24. The van der Waals surface area contributed by atoms with E-state index in [0.29, 0.717) is 19.8 Å². The highest BCUT2D eigenvalue weighted by Crippen LogP contribution is 2.33. The molecule has 0 amide bonds. The van der Waals surface area contributed by atoms with Gasteiger partial charge >= 0.3 is 0 Å². The summed E-state index contributed by atoms with van der Waals surface area (Å²) in [6, 6.07) is 7.56. The maximum Gasteiger partial charge on any atom is 0.167 e. The lowest BCUT2D eigenvalue weighted by Crippen LogP contribution is -2.28. The summed E-state index contributed by atoms with van der Waals surface area (Å²) in [6.45, 7) is 5.39. The average Bonchev–Trinajstić information content (AvgIpc) is 2.71. The fourth-order valence-electron chi connectivity index (χ4n) is 3.53. The van der Waals surface area contributed by atoms with Crippen LogP contribution in [0, 0.1) is 17.5 Å². The Balaban J connectivity index is 1.78. The summed E-state index contributed by atoms with van der Waals surface area (Å²) >= 11 is 0. The van der Waals surface area contributed by atoms with Gasteiger partial charge in [-0.15, -0.1) is 0 Å². The third-order valence-corrected chi connectivity index (χ3v) is 5.09. The summed E-state index contributed by atoms with van der Waals surface area (Å²) in [5, 5.41) is 0. The van der Waals surface area contributed by atoms with E-state index in [9.17, 15) is 13.2 Å². The van der Waals surface area contributed by atoms with Crippen molar-refractivity contribution >= 4 is 6.08 Å². The SMILES string of the molecule is C/C=C/c1ccc(-c2ccc(C3CCC(COCC)OC3)cc2F)c(F)c1F. The van der Waals surface area contributed by atoms with E-state index in [0.717, 1.165) is 18.4 Å². The molecule has 1 fully saturated rings. The van der Waals surface area contributed by atoms with E-state index in [1.807, 2.05) is 6.92 Å². The van der Waals surface area contributed by atoms with Crippen LogP contribution in [0.15, 0.2) is 36.4 Å². The summed E-state index contributed by atoms with van der Waals surface area (Å²) in [7, 11) is 0. The van der Waals surface area contributed by atoms with Crippen molar-refractivity contribution < 1.29 is 22.6 Å². The van der Waals surface area contributed by atoms with Crippen LogP contribution in [-0.2, 0) is 9.47 Å². The zero-order chi connectivity index (χ0) is 20.1. The van der Waals surface area contributed by atoms with Gasteiger partial charge in [-0.1, -0.05) is 36.4 Å². The van der Waals surface area contributed by atoms with Crippen LogP contribution >= 0.6 is 0 Å². The van der Waals surface area contributed by atoms with Gasteiger partial charge in [0.1, 0.15) is 5.82 Å². The van der Waals surface area contributed by atoms with Crippen molar-refractivity contribution in [3.8, 4) is 11.1 Å². The molecule has 0 bridgehead atoms. The van der Waals surface area contributed by atoms with E-state index in [1.54, 1.807) is 19.1 Å². The van der Waals surface area contributed by atoms with E-state index in [4.69, 9.17) is 9.47 Å². The quantitative estimate of drug-likeness (QED) is 0.593. The van der Waals surface area contributed by atoms with Gasteiger partial charge < -0.3 is 9.47 Å². The first-order chi connectivity index (χ1) is 13.5. The van der Waals surface area contributed by atoms with Gasteiger partial charge in [0.15, 0.2) is 11.6 Å². The summed E-state index contributed by atoms with van der Waals surface area (Å²) in [5.74, 6) is -2.49. The Morgan fingerprint density at radius 1 is 1.07 bits per heavy atom. The van der Waals surface area contributed by atoms with Gasteiger partial charge in [0, 0.05) is 29.2 Å². The van der Waals surface area contributed by atoms with Crippen LogP contribution in [0.3, 0.4) is 0 Å². The Morgan fingerprint density at radius 3 is 2.50 bits per heavy atom. The molecule has 1 aliphatic rings. The minimum absolute atomic E-state index is 0.0538. The lowest BCUT2D eigenvalue weighted by molar-refractivity contribution is -0.0460. The fraction of sp³-hybridized carbons (Fsp3) is 0.391. The van der Waals surface area contributed by atoms with Crippen molar-refractivity contribution in [3.63, 3.8) is 0 Å². The Bertz CT molecular complexity index is 840. The second-order valence-electron chi connectivity index (χ2n) is 6.96. The van der Waals surface area contributed by atoms with Crippen LogP contribution in [-0.4, -0.2) is 25.9 Å². The predicted molar refractivity (Wildman–Crippen MR) is 105 cm³/mol. The summed E-state index contributed by atoms with van der Waals surface area (Å²) < 4.78 is 54.6. The Kier molecular flexibility index (Phi) is 6.92. The molecule has 2 aromatic carbocycles. The number of ether oxygens (including phenoxy) is 2. The number of hydrogen-bond acceptors (Lipinski definition) is 2. The van der Waals surface area contributed by atoms with E-state index < -0.39 is 17.5 Å². The average molecular weight is 390 g/mol. The molecule has 0 spiro atoms. The van der Waals surface area contributed by atoms with Crippen LogP contribution in [0.4, 0.5) is 13.2 Å². The molecule has 0 N–H and O–H groups in total. The smallest absolute Gasteiger partial charge is 0.167 e. The normalized spacial score (nSPS) is 20.0. The summed E-state index contributed by atoms with van der Waals surface area (Å²) in [4.78, 5) is 0. The molecule has 0 aromatic heterocycles. The first-order valence-electron chi connectivity index (χ1n) is 9.65. The van der Waals surface area contributed by atoms with Crippen molar-refractivity contribution in [3.05, 3.63) is 65.0 Å². The molecule has 0 aliphatic carbocycles. The molecule has 1 heterocycles. The second-order valence-corrected chi connectivity index (χ2v) is 6.96. The van der Waals surface area contributed by atoms with Crippen LogP contribution < -0.4 is 0 Å². The molecule has 2 unspecified atom stereocenters. The molecule has 2 aromatic rings. The van der Waals surface area contributed by atoms with Gasteiger partial charge in [-0.2, -0.15) is 0 Å². The predicted octanol–water partition coefficient (Wildman–Crippen LogP) is 6.10. The number of hydrogen-bond donors (Lipinski definition) is 0. The monoisotopic (exact) mass is 390 g/mol. The zero-order valence-electron chi connectivity index (χ0n) is 16.2. The number of halogens is 3. The first kappa shape index (κ1) is 20.6. The first-order valence-corrected chi connectivity index (χ1v) is 9.65. The minimum Gasteiger partial charge on any atom is -0.379 e. The third-order valence-electron chi connectivity index (χ3n) is 5.09. The van der Waals surface area contributed by atoms with Gasteiger partial charge in [-0.05, 0) is 38.3 Å². The van der Waals surface area contributed by atoms with Crippen LogP contribution in [0.2, 0.25) is 0 Å². The maximum absolute atomic E-state index is 14.7. The molecule has 1 aliphatic heterocycles. The summed E-state index contributed by atoms with van der Waals surface area (Å²) in [5.41, 5.74) is 0.925. The molecular weight excluding hydrogens is 365 g/mol. The van der Waals surface area contributed by atoms with Crippen molar-refractivity contribution in [1.29, 1.82) is 0 Å². The van der Waals surface area contributed by atoms with Crippen molar-refractivity contribution in [2.45, 2.75) is 38.7 Å². The number of rotatable bonds is 6. The molecule has 3 rings (SSSR count). The third kappa shape index (κ3) is 4.47. The van der Waals surface area contributed by atoms with Gasteiger partial charge in [0.2, 0.25) is 0 Å². The molecule has 1 saturated heterocycles. The minimum atomic E-state index is -1.04. The van der Waals surface area contributed by atoms with Crippen LogP contribution in [0.5, 0.6) is 0 Å². The van der Waals surface area contributed by atoms with Crippen molar-refractivity contribution in [2.75, 3.05) is 19.8 Å². The Labute approximate surface area is 164 Å². The summed E-state index contributed by atoms with van der Waals surface area (Å²) in [6.07, 6.45) is 4.90. The molecule has 150 valence electrons. The van der Waals surface area contributed by atoms with Gasteiger partial charge in [-0.3, -0.25) is 0 Å². The van der Waals surface area contributed by atoms with E-state index in [-0.39, 0.29) is 28.7 Å². The van der Waals surface area contributed by atoms with Crippen molar-refractivity contribution in [2.24, 2.45) is 0 Å². The molecule has 0 saturated carbocycles. The lowest BCUT2D eigenvalue weighted by atomic mass is 9.90. The van der Waals surface area contributed by atoms with E-state index in [1.165, 1.54) is 30.3 Å². The Morgan fingerprint density at radius 2 is 1.86 bits per heavy atom. The van der Waals surface area contributed by atoms with Crippen LogP contribution in [0.1, 0.15) is 43.7 Å². The zero-order valence-corrected chi connectivity index (χ0v) is 16.2. The van der Waals surface area contributed by atoms with Gasteiger partial charge in [-0.25, -0.2) is 13.2 Å². The lowest BCUT2D eigenvalue weighted by Gasteiger charge is -2.29. The standard InChI is InChI=1S/C23H25F3O2/c1-3-5-15-7-11-20(23(26)22(15)25)19-10-8-16(12-21(19)24)17-6-9-18(28-13-17)14-27-4-2/h3,5,7-8,10-12,17-18H,4,6,9,13-14H2,1-2H3/b5-3+. The highest BCUT2D eigenvalue weighted by atomic mass is 19.2. The molecule has 5 heteroatoms. The molecule has 0 radical (unpaired) electrons. The molecule has 2 atom stereocenters. The number of benzene rings is 2. The maximum atomic E-state index is 14.7. The Hall–Kier alpha value is -2.11. The van der Waals surface area contributed by atoms with E-state index in [2.05, 4.69) is 0 Å².